The van der Waals surface area contributed by atoms with Crippen LogP contribution in [0.25, 0.3) is 31.5 Å². The van der Waals surface area contributed by atoms with Crippen LogP contribution in [-0.4, -0.2) is 4.98 Å². The summed E-state index contributed by atoms with van der Waals surface area (Å²) >= 11 is 7.93. The van der Waals surface area contributed by atoms with Crippen LogP contribution >= 0.6 is 22.9 Å². The van der Waals surface area contributed by atoms with Crippen LogP contribution in [-0.2, 0) is 6.42 Å². The van der Waals surface area contributed by atoms with Gasteiger partial charge in [-0.15, -0.1) is 11.3 Å². The molecule has 0 unspecified atom stereocenters. The fraction of sp³-hybridized carbons (Fsp3) is 0.250. The average molecular weight is 356 g/mol. The van der Waals surface area contributed by atoms with Gasteiger partial charge < -0.3 is 4.42 Å². The zero-order valence-corrected chi connectivity index (χ0v) is 15.5. The Kier molecular flexibility index (Phi) is 3.86. The van der Waals surface area contributed by atoms with Gasteiger partial charge >= 0.3 is 0 Å². The Labute approximate surface area is 150 Å². The molecule has 0 spiro atoms. The first-order valence-electron chi connectivity index (χ1n) is 8.09. The number of hydrogen-bond acceptors (Lipinski definition) is 3. The largest absolute Gasteiger partial charge is 0.461 e. The number of aromatic nitrogens is 1. The smallest absolute Gasteiger partial charge is 0.137 e. The van der Waals surface area contributed by atoms with Crippen molar-refractivity contribution in [2.75, 3.05) is 0 Å². The van der Waals surface area contributed by atoms with Crippen LogP contribution in [0, 0.1) is 12.8 Å². The Morgan fingerprint density at radius 2 is 2.00 bits per heavy atom. The molecule has 4 aromatic rings. The number of fused-ring (bicyclic) bond motifs is 2. The van der Waals surface area contributed by atoms with Crippen molar-refractivity contribution < 1.29 is 4.42 Å². The third-order valence-electron chi connectivity index (χ3n) is 4.31. The highest BCUT2D eigenvalue weighted by atomic mass is 35.5. The second kappa shape index (κ2) is 5.91. The molecule has 1 aromatic carbocycles. The highest BCUT2D eigenvalue weighted by Gasteiger charge is 2.14. The molecule has 0 aliphatic heterocycles. The number of aryl methyl sites for hydroxylation is 1. The van der Waals surface area contributed by atoms with Crippen molar-refractivity contribution in [1.29, 1.82) is 0 Å². The van der Waals surface area contributed by atoms with Gasteiger partial charge in [0.1, 0.15) is 16.5 Å². The van der Waals surface area contributed by atoms with Gasteiger partial charge in [-0.2, -0.15) is 0 Å². The van der Waals surface area contributed by atoms with Gasteiger partial charge in [0.25, 0.3) is 0 Å². The van der Waals surface area contributed by atoms with Crippen molar-refractivity contribution in [1.82, 2.24) is 4.98 Å². The molecule has 0 saturated carbocycles. The van der Waals surface area contributed by atoms with Crippen LogP contribution in [0.5, 0.6) is 0 Å². The van der Waals surface area contributed by atoms with Gasteiger partial charge in [-0.1, -0.05) is 37.6 Å². The Morgan fingerprint density at radius 1 is 1.17 bits per heavy atom. The molecule has 122 valence electrons. The molecule has 3 heterocycles. The minimum absolute atomic E-state index is 0.559. The molecule has 4 rings (SSSR count). The fourth-order valence-corrected chi connectivity index (χ4v) is 4.39. The molecule has 24 heavy (non-hydrogen) atoms. The Morgan fingerprint density at radius 3 is 2.75 bits per heavy atom. The molecule has 0 N–H and O–H groups in total. The van der Waals surface area contributed by atoms with Crippen molar-refractivity contribution in [2.24, 2.45) is 5.92 Å². The first-order valence-corrected chi connectivity index (χ1v) is 9.29. The van der Waals surface area contributed by atoms with E-state index in [1.54, 1.807) is 17.5 Å². The fourth-order valence-electron chi connectivity index (χ4n) is 3.07. The summed E-state index contributed by atoms with van der Waals surface area (Å²) in [4.78, 5) is 5.34. The second-order valence-corrected chi connectivity index (χ2v) is 8.03. The van der Waals surface area contributed by atoms with Gasteiger partial charge in [-0.05, 0) is 42.2 Å². The minimum atomic E-state index is 0.559. The molecule has 0 atom stereocenters. The Balaban J connectivity index is 1.83. The zero-order valence-electron chi connectivity index (χ0n) is 13.9. The van der Waals surface area contributed by atoms with E-state index < -0.39 is 0 Å². The van der Waals surface area contributed by atoms with E-state index in [9.17, 15) is 0 Å². The third kappa shape index (κ3) is 2.62. The molecule has 0 saturated heterocycles. The number of nitrogens with zero attached hydrogens (tertiary/aromatic N) is 1. The maximum Gasteiger partial charge on any atom is 0.137 e. The number of rotatable bonds is 3. The lowest BCUT2D eigenvalue weighted by molar-refractivity contribution is 0.496. The molecule has 0 radical (unpaired) electrons. The van der Waals surface area contributed by atoms with E-state index >= 15 is 0 Å². The highest BCUT2D eigenvalue weighted by Crippen LogP contribution is 2.38. The van der Waals surface area contributed by atoms with E-state index in [1.807, 2.05) is 6.07 Å². The summed E-state index contributed by atoms with van der Waals surface area (Å²) in [5.74, 6) is 1.68. The van der Waals surface area contributed by atoms with Crippen molar-refractivity contribution in [3.63, 3.8) is 0 Å². The van der Waals surface area contributed by atoms with Gasteiger partial charge in [-0.3, -0.25) is 0 Å². The standard InChI is InChI=1S/C20H18ClNOS/c1-11(2)8-16-12(3)14-5-4-13(9-17(14)23-16)19-10-15-18(24-19)6-7-22-20(15)21/h4-7,9-11H,8H2,1-3H3. The summed E-state index contributed by atoms with van der Waals surface area (Å²) in [6, 6.07) is 10.6. The van der Waals surface area contributed by atoms with E-state index in [-0.39, 0.29) is 0 Å². The van der Waals surface area contributed by atoms with Crippen LogP contribution in [0.2, 0.25) is 5.15 Å². The van der Waals surface area contributed by atoms with E-state index in [0.717, 1.165) is 33.4 Å². The number of furan rings is 1. The van der Waals surface area contributed by atoms with Gasteiger partial charge in [-0.25, -0.2) is 4.98 Å². The summed E-state index contributed by atoms with van der Waals surface area (Å²) < 4.78 is 7.29. The molecular formula is C20H18ClNOS. The quantitative estimate of drug-likeness (QED) is 0.375. The van der Waals surface area contributed by atoms with E-state index in [0.29, 0.717) is 11.1 Å². The molecule has 0 aliphatic rings. The summed E-state index contributed by atoms with van der Waals surface area (Å²) in [5, 5.41) is 2.77. The van der Waals surface area contributed by atoms with E-state index in [4.69, 9.17) is 16.0 Å². The van der Waals surface area contributed by atoms with Crippen LogP contribution in [0.15, 0.2) is 40.9 Å². The predicted octanol–water partition coefficient (Wildman–Crippen LogP) is 6.87. The maximum atomic E-state index is 6.20. The number of pyridine rings is 1. The first kappa shape index (κ1) is 15.7. The SMILES string of the molecule is Cc1c(CC(C)C)oc2cc(-c3cc4c(Cl)nccc4s3)ccc12. The van der Waals surface area contributed by atoms with Crippen molar-refractivity contribution in [2.45, 2.75) is 27.2 Å². The van der Waals surface area contributed by atoms with Gasteiger partial charge in [0.05, 0.1) is 0 Å². The molecule has 0 fully saturated rings. The summed E-state index contributed by atoms with van der Waals surface area (Å²) in [7, 11) is 0. The van der Waals surface area contributed by atoms with Crippen LogP contribution < -0.4 is 0 Å². The number of thiophene rings is 1. The third-order valence-corrected chi connectivity index (χ3v) is 5.76. The maximum absolute atomic E-state index is 6.20. The normalized spacial score (nSPS) is 11.9. The minimum Gasteiger partial charge on any atom is -0.461 e. The van der Waals surface area contributed by atoms with Gasteiger partial charge in [0.15, 0.2) is 0 Å². The summed E-state index contributed by atoms with van der Waals surface area (Å²) in [6.07, 6.45) is 2.72. The van der Waals surface area contributed by atoms with Crippen molar-refractivity contribution in [3.8, 4) is 10.4 Å². The molecule has 0 amide bonds. The molecule has 3 aromatic heterocycles. The van der Waals surface area contributed by atoms with Crippen molar-refractivity contribution in [3.05, 3.63) is 53.0 Å². The monoisotopic (exact) mass is 355 g/mol. The molecule has 0 bridgehead atoms. The Bertz CT molecular complexity index is 1040. The predicted molar refractivity (Wildman–Crippen MR) is 103 cm³/mol. The van der Waals surface area contributed by atoms with E-state index in [1.165, 1.54) is 15.8 Å². The first-order chi connectivity index (χ1) is 11.5. The van der Waals surface area contributed by atoms with Crippen LogP contribution in [0.3, 0.4) is 0 Å². The zero-order chi connectivity index (χ0) is 16.8. The second-order valence-electron chi connectivity index (χ2n) is 6.58. The van der Waals surface area contributed by atoms with Crippen LogP contribution in [0.4, 0.5) is 0 Å². The lowest BCUT2D eigenvalue weighted by atomic mass is 10.0. The van der Waals surface area contributed by atoms with Gasteiger partial charge in [0.2, 0.25) is 0 Å². The number of benzene rings is 1. The van der Waals surface area contributed by atoms with Crippen molar-refractivity contribution >= 4 is 44.0 Å². The van der Waals surface area contributed by atoms with Crippen LogP contribution in [0.1, 0.15) is 25.2 Å². The summed E-state index contributed by atoms with van der Waals surface area (Å²) in [6.45, 7) is 6.58. The highest BCUT2D eigenvalue weighted by molar-refractivity contribution is 7.22. The Hall–Kier alpha value is -1.84. The molecule has 2 nitrogen and oxygen atoms in total. The molecule has 0 aliphatic carbocycles. The lowest BCUT2D eigenvalue weighted by Gasteiger charge is -2.01. The van der Waals surface area contributed by atoms with Gasteiger partial charge in [0, 0.05) is 33.0 Å². The average Bonchev–Trinajstić information content (AvgIpc) is 3.10. The topological polar surface area (TPSA) is 26.0 Å². The number of halogens is 1. The van der Waals surface area contributed by atoms with E-state index in [2.05, 4.69) is 50.0 Å². The molecular weight excluding hydrogens is 338 g/mol. The number of hydrogen-bond donors (Lipinski definition) is 0. The lowest BCUT2D eigenvalue weighted by Crippen LogP contribution is -1.93. The summed E-state index contributed by atoms with van der Waals surface area (Å²) in [5.41, 5.74) is 3.38. The molecule has 4 heteroatoms.